The summed E-state index contributed by atoms with van der Waals surface area (Å²) in [6, 6.07) is 5.74. The quantitative estimate of drug-likeness (QED) is 0.363. The van der Waals surface area contributed by atoms with Gasteiger partial charge in [0.15, 0.2) is 5.84 Å². The van der Waals surface area contributed by atoms with E-state index in [2.05, 4.69) is 37.9 Å². The van der Waals surface area contributed by atoms with Gasteiger partial charge in [-0.1, -0.05) is 18.1 Å². The minimum Gasteiger partial charge on any atom is -0.496 e. The van der Waals surface area contributed by atoms with Gasteiger partial charge in [0.05, 0.1) is 12.7 Å². The van der Waals surface area contributed by atoms with Crippen LogP contribution in [0, 0.1) is 0 Å². The average molecular weight is 279 g/mol. The van der Waals surface area contributed by atoms with Crippen LogP contribution in [0.15, 0.2) is 23.4 Å². The van der Waals surface area contributed by atoms with Crippen molar-refractivity contribution >= 4 is 5.84 Å². The average Bonchev–Trinajstić information content (AvgIpc) is 2.46. The third-order valence-corrected chi connectivity index (χ3v) is 3.97. The van der Waals surface area contributed by atoms with Gasteiger partial charge in [-0.15, -0.1) is 0 Å². The van der Waals surface area contributed by atoms with Crippen LogP contribution in [0.3, 0.4) is 0 Å². The number of methoxy groups -OCH3 is 1. The van der Waals surface area contributed by atoms with Gasteiger partial charge >= 0.3 is 0 Å². The molecule has 1 aromatic rings. The zero-order chi connectivity index (χ0) is 15.3. The van der Waals surface area contributed by atoms with Crippen molar-refractivity contribution in [2.45, 2.75) is 39.3 Å². The Bertz CT molecular complexity index is 484. The maximum Gasteiger partial charge on any atom is 0.173 e. The molecule has 0 fully saturated rings. The molecule has 0 heterocycles. The van der Waals surface area contributed by atoms with Crippen molar-refractivity contribution in [3.63, 3.8) is 0 Å². The number of oxime groups is 1. The van der Waals surface area contributed by atoms with Crippen molar-refractivity contribution < 1.29 is 9.94 Å². The van der Waals surface area contributed by atoms with Crippen molar-refractivity contribution in [3.8, 4) is 5.75 Å². The van der Waals surface area contributed by atoms with Crippen LogP contribution in [0.1, 0.15) is 38.3 Å². The molecule has 0 aliphatic rings. The molecule has 5 heteroatoms. The second-order valence-electron chi connectivity index (χ2n) is 5.54. The molecular weight excluding hydrogens is 254 g/mol. The van der Waals surface area contributed by atoms with E-state index in [4.69, 9.17) is 15.7 Å². The van der Waals surface area contributed by atoms with Gasteiger partial charge < -0.3 is 15.7 Å². The summed E-state index contributed by atoms with van der Waals surface area (Å²) in [5, 5.41) is 11.9. The number of ether oxygens (including phenoxy) is 1. The Balaban J connectivity index is 3.04. The summed E-state index contributed by atoms with van der Waals surface area (Å²) in [6.07, 6.45) is 1.06. The van der Waals surface area contributed by atoms with Crippen LogP contribution in [0.2, 0.25) is 0 Å². The minimum absolute atomic E-state index is 0.0566. The molecule has 5 nitrogen and oxygen atoms in total. The van der Waals surface area contributed by atoms with Crippen LogP contribution in [0.25, 0.3) is 0 Å². The van der Waals surface area contributed by atoms with Crippen molar-refractivity contribution in [3.05, 3.63) is 29.3 Å². The molecule has 112 valence electrons. The van der Waals surface area contributed by atoms with E-state index in [-0.39, 0.29) is 11.4 Å². The second-order valence-corrected chi connectivity index (χ2v) is 5.54. The second kappa shape index (κ2) is 6.61. The van der Waals surface area contributed by atoms with E-state index in [0.717, 1.165) is 18.5 Å². The van der Waals surface area contributed by atoms with Crippen molar-refractivity contribution in [1.29, 1.82) is 0 Å². The molecule has 0 radical (unpaired) electrons. The molecule has 0 aliphatic heterocycles. The van der Waals surface area contributed by atoms with Gasteiger partial charge in [0.1, 0.15) is 5.75 Å². The number of hydrogen-bond donors (Lipinski definition) is 2. The molecule has 1 rings (SSSR count). The van der Waals surface area contributed by atoms with Gasteiger partial charge in [0.2, 0.25) is 0 Å². The van der Waals surface area contributed by atoms with Crippen LogP contribution in [0.5, 0.6) is 5.75 Å². The van der Waals surface area contributed by atoms with Gasteiger partial charge in [-0.25, -0.2) is 0 Å². The van der Waals surface area contributed by atoms with Gasteiger partial charge in [0.25, 0.3) is 0 Å². The third kappa shape index (κ3) is 3.63. The monoisotopic (exact) mass is 279 g/mol. The summed E-state index contributed by atoms with van der Waals surface area (Å²) < 4.78 is 5.23. The zero-order valence-electron chi connectivity index (χ0n) is 13.0. The molecule has 1 aromatic carbocycles. The fourth-order valence-electron chi connectivity index (χ4n) is 1.87. The van der Waals surface area contributed by atoms with E-state index in [1.807, 2.05) is 18.2 Å². The van der Waals surface area contributed by atoms with E-state index in [1.165, 1.54) is 0 Å². The Morgan fingerprint density at radius 3 is 2.60 bits per heavy atom. The minimum atomic E-state index is 0.0566. The highest BCUT2D eigenvalue weighted by atomic mass is 16.5. The first kappa shape index (κ1) is 16.3. The normalized spacial score (nSPS) is 12.8. The lowest BCUT2D eigenvalue weighted by atomic mass is 9.98. The Morgan fingerprint density at radius 1 is 1.45 bits per heavy atom. The summed E-state index contributed by atoms with van der Waals surface area (Å²) in [4.78, 5) is 2.28. The maximum atomic E-state index is 8.85. The summed E-state index contributed by atoms with van der Waals surface area (Å²) in [5.41, 5.74) is 7.51. The lowest BCUT2D eigenvalue weighted by Gasteiger charge is -2.35. The van der Waals surface area contributed by atoms with Crippen molar-refractivity contribution in [1.82, 2.24) is 4.90 Å². The van der Waals surface area contributed by atoms with E-state index < -0.39 is 0 Å². The van der Waals surface area contributed by atoms with Crippen LogP contribution in [-0.4, -0.2) is 35.6 Å². The molecule has 3 N–H and O–H groups in total. The molecule has 0 amide bonds. The molecule has 0 unspecified atom stereocenters. The topological polar surface area (TPSA) is 71.1 Å². The third-order valence-electron chi connectivity index (χ3n) is 3.97. The predicted molar refractivity (Wildman–Crippen MR) is 81.3 cm³/mol. The zero-order valence-corrected chi connectivity index (χ0v) is 13.0. The van der Waals surface area contributed by atoms with Gasteiger partial charge in [-0.3, -0.25) is 4.90 Å². The highest BCUT2D eigenvalue weighted by Gasteiger charge is 2.21. The number of nitrogens with two attached hydrogens (primary N) is 1. The van der Waals surface area contributed by atoms with Crippen molar-refractivity contribution in [2.24, 2.45) is 10.9 Å². The fourth-order valence-corrected chi connectivity index (χ4v) is 1.87. The number of amidine groups is 1. The molecule has 0 bridgehead atoms. The molecular formula is C15H25N3O2. The highest BCUT2D eigenvalue weighted by molar-refractivity contribution is 5.99. The molecule has 0 spiro atoms. The summed E-state index contributed by atoms with van der Waals surface area (Å²) in [7, 11) is 3.66. The first-order valence-corrected chi connectivity index (χ1v) is 6.71. The van der Waals surface area contributed by atoms with Crippen LogP contribution in [-0.2, 0) is 6.54 Å². The SMILES string of the molecule is CCC(C)(C)N(C)Cc1ccc(OC)c(C(N)=NO)c1. The first-order chi connectivity index (χ1) is 9.35. The maximum absolute atomic E-state index is 8.85. The van der Waals surface area contributed by atoms with Gasteiger partial charge in [-0.05, 0) is 45.0 Å². The van der Waals surface area contributed by atoms with E-state index in [0.29, 0.717) is 11.3 Å². The van der Waals surface area contributed by atoms with Gasteiger partial charge in [0, 0.05) is 12.1 Å². The summed E-state index contributed by atoms with van der Waals surface area (Å²) >= 11 is 0. The Morgan fingerprint density at radius 2 is 2.10 bits per heavy atom. The van der Waals surface area contributed by atoms with Crippen LogP contribution >= 0.6 is 0 Å². The predicted octanol–water partition coefficient (Wildman–Crippen LogP) is 2.41. The molecule has 0 saturated carbocycles. The standard InChI is InChI=1S/C15H25N3O2/c1-6-15(2,3)18(4)10-11-7-8-13(20-5)12(9-11)14(16)17-19/h7-9,19H,6,10H2,1-5H3,(H2,16,17). The summed E-state index contributed by atoms with van der Waals surface area (Å²) in [5.74, 6) is 0.655. The summed E-state index contributed by atoms with van der Waals surface area (Å²) in [6.45, 7) is 7.38. The number of hydrogen-bond acceptors (Lipinski definition) is 4. The van der Waals surface area contributed by atoms with Crippen molar-refractivity contribution in [2.75, 3.05) is 14.2 Å². The Kier molecular flexibility index (Phi) is 5.39. The van der Waals surface area contributed by atoms with E-state index in [9.17, 15) is 0 Å². The molecule has 0 aromatic heterocycles. The Hall–Kier alpha value is -1.75. The number of rotatable bonds is 6. The lowest BCUT2D eigenvalue weighted by Crippen LogP contribution is -2.39. The number of nitrogens with zero attached hydrogens (tertiary/aromatic N) is 2. The fraction of sp³-hybridized carbons (Fsp3) is 0.533. The number of benzene rings is 1. The van der Waals surface area contributed by atoms with E-state index in [1.54, 1.807) is 7.11 Å². The van der Waals surface area contributed by atoms with Gasteiger partial charge in [-0.2, -0.15) is 0 Å². The van der Waals surface area contributed by atoms with Crippen LogP contribution < -0.4 is 10.5 Å². The highest BCUT2D eigenvalue weighted by Crippen LogP contribution is 2.23. The smallest absolute Gasteiger partial charge is 0.173 e. The molecule has 0 atom stereocenters. The lowest BCUT2D eigenvalue weighted by molar-refractivity contribution is 0.143. The Labute approximate surface area is 121 Å². The molecule has 0 aliphatic carbocycles. The first-order valence-electron chi connectivity index (χ1n) is 6.71. The molecule has 20 heavy (non-hydrogen) atoms. The largest absolute Gasteiger partial charge is 0.496 e. The van der Waals surface area contributed by atoms with Crippen LogP contribution in [0.4, 0.5) is 0 Å². The van der Waals surface area contributed by atoms with E-state index >= 15 is 0 Å². The molecule has 0 saturated heterocycles.